The van der Waals surface area contributed by atoms with Crippen molar-refractivity contribution in [3.05, 3.63) is 71.8 Å². The summed E-state index contributed by atoms with van der Waals surface area (Å²) in [7, 11) is 1.63. The molecule has 90 valence electrons. The predicted molar refractivity (Wildman–Crippen MR) is 72.8 cm³/mol. The zero-order valence-corrected chi connectivity index (χ0v) is 10.2. The largest absolute Gasteiger partial charge is 0.497 e. The van der Waals surface area contributed by atoms with E-state index in [1.165, 1.54) is 0 Å². The number of ketones is 1. The van der Waals surface area contributed by atoms with Crippen molar-refractivity contribution < 1.29 is 9.53 Å². The van der Waals surface area contributed by atoms with Crippen LogP contribution in [0.5, 0.6) is 5.75 Å². The number of benzene rings is 2. The highest BCUT2D eigenvalue weighted by molar-refractivity contribution is 6.06. The van der Waals surface area contributed by atoms with Crippen molar-refractivity contribution in [3.63, 3.8) is 0 Å². The van der Waals surface area contributed by atoms with Crippen LogP contribution in [-0.2, 0) is 0 Å². The van der Waals surface area contributed by atoms with Gasteiger partial charge in [-0.25, -0.2) is 0 Å². The Kier molecular flexibility index (Phi) is 3.92. The predicted octanol–water partition coefficient (Wildman–Crippen LogP) is 3.59. The van der Waals surface area contributed by atoms with Crippen LogP contribution < -0.4 is 4.74 Å². The standard InChI is InChI=1S/C16H14O2/c1-18-15-10-7-13(8-11-15)9-12-16(17)14-5-3-2-4-6-14/h2-12H,1H3/b12-9+. The van der Waals surface area contributed by atoms with Crippen LogP contribution in [0.4, 0.5) is 0 Å². The summed E-state index contributed by atoms with van der Waals surface area (Å²) in [4.78, 5) is 11.8. The number of rotatable bonds is 4. The number of hydrogen-bond acceptors (Lipinski definition) is 2. The highest BCUT2D eigenvalue weighted by atomic mass is 16.5. The van der Waals surface area contributed by atoms with Gasteiger partial charge in [0.2, 0.25) is 0 Å². The number of hydrogen-bond donors (Lipinski definition) is 0. The Morgan fingerprint density at radius 3 is 2.28 bits per heavy atom. The van der Waals surface area contributed by atoms with Crippen LogP contribution in [0.2, 0.25) is 0 Å². The van der Waals surface area contributed by atoms with Gasteiger partial charge in [0.25, 0.3) is 0 Å². The van der Waals surface area contributed by atoms with Crippen LogP contribution in [-0.4, -0.2) is 12.9 Å². The van der Waals surface area contributed by atoms with Gasteiger partial charge >= 0.3 is 0 Å². The molecule has 0 amide bonds. The van der Waals surface area contributed by atoms with Gasteiger partial charge in [-0.2, -0.15) is 0 Å². The van der Waals surface area contributed by atoms with Crippen LogP contribution in [0.1, 0.15) is 15.9 Å². The molecule has 2 aromatic rings. The number of allylic oxidation sites excluding steroid dienone is 1. The third-order valence-electron chi connectivity index (χ3n) is 2.60. The fourth-order valence-corrected chi connectivity index (χ4v) is 1.59. The zero-order valence-electron chi connectivity index (χ0n) is 10.2. The molecule has 0 aliphatic carbocycles. The van der Waals surface area contributed by atoms with E-state index >= 15 is 0 Å². The Morgan fingerprint density at radius 1 is 1.00 bits per heavy atom. The van der Waals surface area contributed by atoms with Crippen LogP contribution in [0.3, 0.4) is 0 Å². The quantitative estimate of drug-likeness (QED) is 0.601. The smallest absolute Gasteiger partial charge is 0.185 e. The van der Waals surface area contributed by atoms with Crippen LogP contribution in [0, 0.1) is 0 Å². The molecular formula is C16H14O2. The van der Waals surface area contributed by atoms with Crippen LogP contribution in [0.15, 0.2) is 60.7 Å². The van der Waals surface area contributed by atoms with Gasteiger partial charge < -0.3 is 4.74 Å². The average molecular weight is 238 g/mol. The fraction of sp³-hybridized carbons (Fsp3) is 0.0625. The SMILES string of the molecule is COc1ccc(/C=C/C(=O)c2ccccc2)cc1. The molecule has 0 aromatic heterocycles. The van der Waals surface area contributed by atoms with Gasteiger partial charge in [-0.15, -0.1) is 0 Å². The van der Waals surface area contributed by atoms with Gasteiger partial charge in [0.15, 0.2) is 5.78 Å². The Labute approximate surface area is 107 Å². The Balaban J connectivity index is 2.08. The topological polar surface area (TPSA) is 26.3 Å². The van der Waals surface area contributed by atoms with E-state index in [-0.39, 0.29) is 5.78 Å². The van der Waals surface area contributed by atoms with E-state index in [0.717, 1.165) is 11.3 Å². The first-order chi connectivity index (χ1) is 8.79. The zero-order chi connectivity index (χ0) is 12.8. The molecule has 0 saturated carbocycles. The number of carbonyl (C=O) groups is 1. The molecule has 0 spiro atoms. The minimum absolute atomic E-state index is 0.00594. The Hall–Kier alpha value is -2.35. The fourth-order valence-electron chi connectivity index (χ4n) is 1.59. The summed E-state index contributed by atoms with van der Waals surface area (Å²) < 4.78 is 5.07. The molecule has 0 bridgehead atoms. The highest BCUT2D eigenvalue weighted by Gasteiger charge is 1.99. The summed E-state index contributed by atoms with van der Waals surface area (Å²) >= 11 is 0. The molecule has 0 fully saturated rings. The summed E-state index contributed by atoms with van der Waals surface area (Å²) in [5.74, 6) is 0.813. The third-order valence-corrected chi connectivity index (χ3v) is 2.60. The van der Waals surface area contributed by atoms with E-state index in [2.05, 4.69) is 0 Å². The van der Waals surface area contributed by atoms with Crippen molar-refractivity contribution in [1.82, 2.24) is 0 Å². The van der Waals surface area contributed by atoms with Crippen LogP contribution in [0.25, 0.3) is 6.08 Å². The summed E-state index contributed by atoms with van der Waals surface area (Å²) in [5, 5.41) is 0. The maximum absolute atomic E-state index is 11.8. The van der Waals surface area contributed by atoms with E-state index in [1.54, 1.807) is 31.4 Å². The molecular weight excluding hydrogens is 224 g/mol. The van der Waals surface area contributed by atoms with Gasteiger partial charge in [-0.05, 0) is 23.8 Å². The monoisotopic (exact) mass is 238 g/mol. The van der Waals surface area contributed by atoms with Crippen molar-refractivity contribution in [2.75, 3.05) is 7.11 Å². The van der Waals surface area contributed by atoms with Crippen molar-refractivity contribution in [3.8, 4) is 5.75 Å². The van der Waals surface area contributed by atoms with Gasteiger partial charge in [0, 0.05) is 5.56 Å². The lowest BCUT2D eigenvalue weighted by Crippen LogP contribution is -1.92. The third kappa shape index (κ3) is 3.08. The van der Waals surface area contributed by atoms with E-state index in [9.17, 15) is 4.79 Å². The minimum atomic E-state index is 0.00594. The second kappa shape index (κ2) is 5.82. The molecule has 0 aliphatic rings. The molecule has 0 aliphatic heterocycles. The Bertz CT molecular complexity index is 539. The molecule has 0 N–H and O–H groups in total. The molecule has 2 heteroatoms. The maximum Gasteiger partial charge on any atom is 0.185 e. The van der Waals surface area contributed by atoms with Crippen molar-refractivity contribution in [2.45, 2.75) is 0 Å². The molecule has 2 aromatic carbocycles. The minimum Gasteiger partial charge on any atom is -0.497 e. The molecule has 18 heavy (non-hydrogen) atoms. The molecule has 0 atom stereocenters. The lowest BCUT2D eigenvalue weighted by atomic mass is 10.1. The van der Waals surface area contributed by atoms with Crippen molar-refractivity contribution in [2.24, 2.45) is 0 Å². The first kappa shape index (κ1) is 12.1. The lowest BCUT2D eigenvalue weighted by molar-refractivity contribution is 0.104. The second-order valence-corrected chi connectivity index (χ2v) is 3.84. The first-order valence-corrected chi connectivity index (χ1v) is 5.71. The number of carbonyl (C=O) groups excluding carboxylic acids is 1. The molecule has 2 nitrogen and oxygen atoms in total. The van der Waals surface area contributed by atoms with Crippen LogP contribution >= 0.6 is 0 Å². The van der Waals surface area contributed by atoms with Gasteiger partial charge in [-0.1, -0.05) is 48.5 Å². The maximum atomic E-state index is 11.8. The summed E-state index contributed by atoms with van der Waals surface area (Å²) in [6.45, 7) is 0. The normalized spacial score (nSPS) is 10.5. The van der Waals surface area contributed by atoms with Gasteiger partial charge in [-0.3, -0.25) is 4.79 Å². The summed E-state index contributed by atoms with van der Waals surface area (Å²) in [5.41, 5.74) is 1.67. The Morgan fingerprint density at radius 2 is 1.67 bits per heavy atom. The number of methoxy groups -OCH3 is 1. The van der Waals surface area contributed by atoms with Crippen molar-refractivity contribution in [1.29, 1.82) is 0 Å². The molecule has 0 heterocycles. The molecule has 0 unspecified atom stereocenters. The van der Waals surface area contributed by atoms with E-state index in [0.29, 0.717) is 5.56 Å². The van der Waals surface area contributed by atoms with E-state index in [1.807, 2.05) is 42.5 Å². The summed E-state index contributed by atoms with van der Waals surface area (Å²) in [6, 6.07) is 16.8. The van der Waals surface area contributed by atoms with Crippen molar-refractivity contribution >= 4 is 11.9 Å². The van der Waals surface area contributed by atoms with Gasteiger partial charge in [0.1, 0.15) is 5.75 Å². The second-order valence-electron chi connectivity index (χ2n) is 3.84. The lowest BCUT2D eigenvalue weighted by Gasteiger charge is -1.99. The molecule has 0 saturated heterocycles. The number of ether oxygens (including phenoxy) is 1. The first-order valence-electron chi connectivity index (χ1n) is 5.71. The molecule has 0 radical (unpaired) electrons. The van der Waals surface area contributed by atoms with E-state index < -0.39 is 0 Å². The molecule has 2 rings (SSSR count). The average Bonchev–Trinajstić information content (AvgIpc) is 2.46. The van der Waals surface area contributed by atoms with E-state index in [4.69, 9.17) is 4.74 Å². The summed E-state index contributed by atoms with van der Waals surface area (Å²) in [6.07, 6.45) is 3.38. The van der Waals surface area contributed by atoms with Gasteiger partial charge in [0.05, 0.1) is 7.11 Å². The highest BCUT2D eigenvalue weighted by Crippen LogP contribution is 2.12.